The van der Waals surface area contributed by atoms with E-state index in [0.717, 1.165) is 59.3 Å². The first-order valence-electron chi connectivity index (χ1n) is 10.9. The quantitative estimate of drug-likeness (QED) is 0.595. The maximum atomic E-state index is 9.34. The van der Waals surface area contributed by atoms with Crippen molar-refractivity contribution in [2.45, 2.75) is 38.9 Å². The molecule has 0 bridgehead atoms. The normalized spacial score (nSPS) is 15.7. The molecule has 1 atom stereocenters. The lowest BCUT2D eigenvalue weighted by atomic mass is 10.0. The molecule has 1 saturated heterocycles. The van der Waals surface area contributed by atoms with E-state index in [1.165, 1.54) is 0 Å². The molecule has 8 nitrogen and oxygen atoms in total. The van der Waals surface area contributed by atoms with E-state index in [1.807, 2.05) is 32.2 Å². The van der Waals surface area contributed by atoms with Crippen molar-refractivity contribution in [2.75, 3.05) is 37.4 Å². The van der Waals surface area contributed by atoms with Gasteiger partial charge in [0.05, 0.1) is 17.3 Å². The number of pyridine rings is 1. The number of hydrogen-bond donors (Lipinski definition) is 2. The zero-order valence-corrected chi connectivity index (χ0v) is 19.1. The van der Waals surface area contributed by atoms with Crippen LogP contribution in [0.25, 0.3) is 10.8 Å². The molecule has 3 N–H and O–H groups in total. The minimum absolute atomic E-state index is 0.518. The number of benzene rings is 1. The minimum Gasteiger partial charge on any atom is -0.356 e. The predicted molar refractivity (Wildman–Crippen MR) is 127 cm³/mol. The second kappa shape index (κ2) is 9.07. The molecular weight excluding hydrogens is 400 g/mol. The Morgan fingerprint density at radius 2 is 1.94 bits per heavy atom. The summed E-state index contributed by atoms with van der Waals surface area (Å²) in [4.78, 5) is 9.36. The SMILES string of the molecule is Cc1c(C#N)cccc1[C@@H](N)Nc1nnc(C)c2cnc(N3CCC(N(C)C)CC3)cc12. The van der Waals surface area contributed by atoms with Gasteiger partial charge in [0, 0.05) is 36.1 Å². The van der Waals surface area contributed by atoms with E-state index in [2.05, 4.69) is 51.5 Å². The molecule has 0 amide bonds. The van der Waals surface area contributed by atoms with Crippen molar-refractivity contribution in [3.8, 4) is 6.07 Å². The average molecular weight is 431 g/mol. The van der Waals surface area contributed by atoms with Crippen LogP contribution in [0.2, 0.25) is 0 Å². The summed E-state index contributed by atoms with van der Waals surface area (Å²) in [5, 5.41) is 23.3. The molecule has 0 aliphatic carbocycles. The number of piperidine rings is 1. The lowest BCUT2D eigenvalue weighted by Crippen LogP contribution is -2.42. The molecule has 0 radical (unpaired) electrons. The molecule has 166 valence electrons. The largest absolute Gasteiger partial charge is 0.356 e. The number of fused-ring (bicyclic) bond motifs is 1. The number of anilines is 2. The van der Waals surface area contributed by atoms with Gasteiger partial charge in [-0.15, -0.1) is 5.10 Å². The first-order chi connectivity index (χ1) is 15.4. The number of nitrogens with two attached hydrogens (primary N) is 1. The molecule has 3 aromatic rings. The van der Waals surface area contributed by atoms with Crippen LogP contribution in [0, 0.1) is 25.2 Å². The van der Waals surface area contributed by atoms with Crippen LogP contribution in [-0.2, 0) is 0 Å². The Hall–Kier alpha value is -3.28. The van der Waals surface area contributed by atoms with Crippen LogP contribution in [0.3, 0.4) is 0 Å². The van der Waals surface area contributed by atoms with E-state index in [0.29, 0.717) is 17.4 Å². The zero-order chi connectivity index (χ0) is 22.8. The summed E-state index contributed by atoms with van der Waals surface area (Å²) < 4.78 is 0. The third-order valence-electron chi connectivity index (χ3n) is 6.48. The average Bonchev–Trinajstić information content (AvgIpc) is 2.81. The first kappa shape index (κ1) is 21.9. The van der Waals surface area contributed by atoms with E-state index in [4.69, 9.17) is 10.7 Å². The third kappa shape index (κ3) is 4.22. The van der Waals surface area contributed by atoms with E-state index in [9.17, 15) is 5.26 Å². The summed E-state index contributed by atoms with van der Waals surface area (Å²) >= 11 is 0. The molecule has 4 rings (SSSR count). The van der Waals surface area contributed by atoms with Crippen molar-refractivity contribution in [2.24, 2.45) is 5.73 Å². The summed E-state index contributed by atoms with van der Waals surface area (Å²) in [6.07, 6.45) is 3.59. The van der Waals surface area contributed by atoms with Crippen LogP contribution in [0.1, 0.15) is 41.4 Å². The Morgan fingerprint density at radius 1 is 1.19 bits per heavy atom. The van der Waals surface area contributed by atoms with Crippen molar-refractivity contribution in [3.05, 3.63) is 52.8 Å². The number of aromatic nitrogens is 3. The highest BCUT2D eigenvalue weighted by Crippen LogP contribution is 2.30. The molecule has 32 heavy (non-hydrogen) atoms. The van der Waals surface area contributed by atoms with Gasteiger partial charge in [0.1, 0.15) is 12.0 Å². The summed E-state index contributed by atoms with van der Waals surface area (Å²) in [5.74, 6) is 1.56. The first-order valence-corrected chi connectivity index (χ1v) is 10.9. The van der Waals surface area contributed by atoms with E-state index >= 15 is 0 Å². The number of nitriles is 1. The molecule has 1 aliphatic heterocycles. The Kier molecular flexibility index (Phi) is 6.21. The van der Waals surface area contributed by atoms with Gasteiger partial charge >= 0.3 is 0 Å². The lowest BCUT2D eigenvalue weighted by molar-refractivity contribution is 0.249. The smallest absolute Gasteiger partial charge is 0.158 e. The highest BCUT2D eigenvalue weighted by Gasteiger charge is 2.22. The standard InChI is InChI=1S/C24H30N8/c1-15-17(13-25)6-5-7-19(15)23(26)28-24-20-12-22(27-14-21(20)16(2)29-30-24)32-10-8-18(9-11-32)31(3)4/h5-7,12,14,18,23H,8-11,26H2,1-4H3,(H,28,30)/t23-/m0/s1. The molecular formula is C24H30N8. The maximum absolute atomic E-state index is 9.34. The Morgan fingerprint density at radius 3 is 2.62 bits per heavy atom. The Bertz CT molecular complexity index is 1160. The van der Waals surface area contributed by atoms with Gasteiger partial charge in [0.2, 0.25) is 0 Å². The number of nitrogens with zero attached hydrogens (tertiary/aromatic N) is 6. The van der Waals surface area contributed by atoms with Crippen LogP contribution in [0.15, 0.2) is 30.5 Å². The van der Waals surface area contributed by atoms with Gasteiger partial charge < -0.3 is 20.9 Å². The van der Waals surface area contributed by atoms with E-state index in [1.54, 1.807) is 6.07 Å². The van der Waals surface area contributed by atoms with Crippen molar-refractivity contribution >= 4 is 22.4 Å². The van der Waals surface area contributed by atoms with Gasteiger partial charge in [0.15, 0.2) is 5.82 Å². The van der Waals surface area contributed by atoms with Crippen LogP contribution < -0.4 is 16.0 Å². The number of aryl methyl sites for hydroxylation is 1. The van der Waals surface area contributed by atoms with Crippen LogP contribution >= 0.6 is 0 Å². The summed E-state index contributed by atoms with van der Waals surface area (Å²) in [6, 6.07) is 10.5. The van der Waals surface area contributed by atoms with Gasteiger partial charge in [-0.3, -0.25) is 0 Å². The fourth-order valence-corrected chi connectivity index (χ4v) is 4.39. The van der Waals surface area contributed by atoms with Gasteiger partial charge in [-0.05, 0) is 64.0 Å². The molecule has 8 heteroatoms. The number of hydrogen-bond acceptors (Lipinski definition) is 8. The van der Waals surface area contributed by atoms with E-state index < -0.39 is 6.17 Å². The third-order valence-corrected chi connectivity index (χ3v) is 6.48. The molecule has 0 unspecified atom stereocenters. The van der Waals surface area contributed by atoms with Gasteiger partial charge in [-0.2, -0.15) is 10.4 Å². The summed E-state index contributed by atoms with van der Waals surface area (Å²) in [5.41, 5.74) is 9.66. The highest BCUT2D eigenvalue weighted by atomic mass is 15.2. The zero-order valence-electron chi connectivity index (χ0n) is 19.1. The van der Waals surface area contributed by atoms with Crippen LogP contribution in [0.5, 0.6) is 0 Å². The molecule has 0 saturated carbocycles. The molecule has 3 heterocycles. The maximum Gasteiger partial charge on any atom is 0.158 e. The number of rotatable bonds is 5. The van der Waals surface area contributed by atoms with Crippen molar-refractivity contribution in [1.82, 2.24) is 20.1 Å². The van der Waals surface area contributed by atoms with Gasteiger partial charge in [0.25, 0.3) is 0 Å². The minimum atomic E-state index is -0.518. The predicted octanol–water partition coefficient (Wildman–Crippen LogP) is 3.11. The second-order valence-electron chi connectivity index (χ2n) is 8.66. The van der Waals surface area contributed by atoms with Gasteiger partial charge in [-0.25, -0.2) is 4.98 Å². The lowest BCUT2D eigenvalue weighted by Gasteiger charge is -2.36. The summed E-state index contributed by atoms with van der Waals surface area (Å²) in [7, 11) is 4.29. The second-order valence-corrected chi connectivity index (χ2v) is 8.66. The van der Waals surface area contributed by atoms with Crippen LogP contribution in [-0.4, -0.2) is 53.3 Å². The number of nitrogens with one attached hydrogen (secondary N) is 1. The topological polar surface area (TPSA) is 107 Å². The molecule has 1 fully saturated rings. The highest BCUT2D eigenvalue weighted by molar-refractivity contribution is 5.94. The molecule has 0 spiro atoms. The molecule has 1 aliphatic rings. The van der Waals surface area contributed by atoms with Gasteiger partial charge in [-0.1, -0.05) is 12.1 Å². The fraction of sp³-hybridized carbons (Fsp3) is 0.417. The van der Waals surface area contributed by atoms with Crippen LogP contribution in [0.4, 0.5) is 11.6 Å². The monoisotopic (exact) mass is 430 g/mol. The molecule has 1 aromatic carbocycles. The van der Waals surface area contributed by atoms with Crippen molar-refractivity contribution < 1.29 is 0 Å². The van der Waals surface area contributed by atoms with E-state index in [-0.39, 0.29) is 0 Å². The van der Waals surface area contributed by atoms with Crippen molar-refractivity contribution in [1.29, 1.82) is 5.26 Å². The Balaban J connectivity index is 1.64. The Labute approximate surface area is 189 Å². The molecule has 2 aromatic heterocycles. The fourth-order valence-electron chi connectivity index (χ4n) is 4.39. The van der Waals surface area contributed by atoms with Crippen molar-refractivity contribution in [3.63, 3.8) is 0 Å². The summed E-state index contributed by atoms with van der Waals surface area (Å²) in [6.45, 7) is 5.79.